The van der Waals surface area contributed by atoms with Crippen LogP contribution in [0.2, 0.25) is 0 Å². The standard InChI is InChI=1S/C17H19N3/c1-4-13(3)20-16-6-5-12(2)11-15(16)19-17(20)14-7-9-18-10-8-14/h5-11,13H,4H2,1-3H3. The van der Waals surface area contributed by atoms with Gasteiger partial charge in [0.15, 0.2) is 0 Å². The molecule has 3 heteroatoms. The summed E-state index contributed by atoms with van der Waals surface area (Å²) < 4.78 is 2.34. The monoisotopic (exact) mass is 265 g/mol. The third kappa shape index (κ3) is 2.09. The molecule has 2 heterocycles. The van der Waals surface area contributed by atoms with Crippen LogP contribution < -0.4 is 0 Å². The molecular formula is C17H19N3. The second kappa shape index (κ2) is 5.08. The van der Waals surface area contributed by atoms with Gasteiger partial charge in [-0.05, 0) is 50.1 Å². The van der Waals surface area contributed by atoms with Crippen LogP contribution >= 0.6 is 0 Å². The van der Waals surface area contributed by atoms with Crippen LogP contribution in [0.4, 0.5) is 0 Å². The van der Waals surface area contributed by atoms with Crippen LogP contribution in [0.15, 0.2) is 42.7 Å². The fraction of sp³-hybridized carbons (Fsp3) is 0.294. The number of hydrogen-bond acceptors (Lipinski definition) is 2. The van der Waals surface area contributed by atoms with Crippen molar-refractivity contribution in [1.82, 2.24) is 14.5 Å². The summed E-state index contributed by atoms with van der Waals surface area (Å²) in [5, 5.41) is 0. The molecule has 0 amide bonds. The molecule has 0 bridgehead atoms. The Hall–Kier alpha value is -2.16. The van der Waals surface area contributed by atoms with E-state index >= 15 is 0 Å². The van der Waals surface area contributed by atoms with Crippen LogP contribution in [0.3, 0.4) is 0 Å². The lowest BCUT2D eigenvalue weighted by Crippen LogP contribution is -2.05. The van der Waals surface area contributed by atoms with E-state index in [1.807, 2.05) is 24.5 Å². The molecule has 0 N–H and O–H groups in total. The van der Waals surface area contributed by atoms with Gasteiger partial charge in [-0.25, -0.2) is 4.98 Å². The fourth-order valence-corrected chi connectivity index (χ4v) is 2.54. The average molecular weight is 265 g/mol. The Morgan fingerprint density at radius 3 is 2.60 bits per heavy atom. The Kier molecular flexibility index (Phi) is 3.26. The van der Waals surface area contributed by atoms with Gasteiger partial charge in [0.05, 0.1) is 11.0 Å². The zero-order valence-corrected chi connectivity index (χ0v) is 12.2. The van der Waals surface area contributed by atoms with Crippen molar-refractivity contribution in [2.45, 2.75) is 33.2 Å². The number of pyridine rings is 1. The van der Waals surface area contributed by atoms with E-state index in [9.17, 15) is 0 Å². The number of aryl methyl sites for hydroxylation is 1. The summed E-state index contributed by atoms with van der Waals surface area (Å²) in [5.74, 6) is 1.03. The predicted octanol–water partition coefficient (Wildman–Crippen LogP) is 4.38. The van der Waals surface area contributed by atoms with Gasteiger partial charge in [-0.3, -0.25) is 4.98 Å². The molecule has 102 valence electrons. The summed E-state index contributed by atoms with van der Waals surface area (Å²) >= 11 is 0. The highest BCUT2D eigenvalue weighted by Gasteiger charge is 2.16. The quantitative estimate of drug-likeness (QED) is 0.703. The molecule has 0 aliphatic heterocycles. The number of imidazole rings is 1. The number of benzene rings is 1. The van der Waals surface area contributed by atoms with Crippen molar-refractivity contribution >= 4 is 11.0 Å². The predicted molar refractivity (Wildman–Crippen MR) is 82.7 cm³/mol. The van der Waals surface area contributed by atoms with Crippen LogP contribution in [0.25, 0.3) is 22.4 Å². The topological polar surface area (TPSA) is 30.7 Å². The lowest BCUT2D eigenvalue weighted by Gasteiger charge is -2.15. The molecule has 0 aliphatic rings. The second-order valence-corrected chi connectivity index (χ2v) is 5.29. The Bertz CT molecular complexity index is 729. The average Bonchev–Trinajstić information content (AvgIpc) is 2.85. The highest BCUT2D eigenvalue weighted by molar-refractivity contribution is 5.81. The molecule has 0 saturated carbocycles. The molecule has 2 aromatic heterocycles. The van der Waals surface area contributed by atoms with Crippen molar-refractivity contribution in [2.24, 2.45) is 0 Å². The Morgan fingerprint density at radius 2 is 1.90 bits per heavy atom. The minimum absolute atomic E-state index is 0.422. The SMILES string of the molecule is CCC(C)n1c(-c2ccncc2)nc2cc(C)ccc21. The molecule has 0 saturated heterocycles. The van der Waals surface area contributed by atoms with E-state index in [-0.39, 0.29) is 0 Å². The lowest BCUT2D eigenvalue weighted by molar-refractivity contribution is 0.550. The molecular weight excluding hydrogens is 246 g/mol. The highest BCUT2D eigenvalue weighted by atomic mass is 15.1. The maximum absolute atomic E-state index is 4.85. The van der Waals surface area contributed by atoms with Gasteiger partial charge in [-0.15, -0.1) is 0 Å². The van der Waals surface area contributed by atoms with Crippen LogP contribution in [-0.4, -0.2) is 14.5 Å². The van der Waals surface area contributed by atoms with Crippen LogP contribution in [0.5, 0.6) is 0 Å². The van der Waals surface area contributed by atoms with Crippen molar-refractivity contribution in [3.63, 3.8) is 0 Å². The van der Waals surface area contributed by atoms with Crippen molar-refractivity contribution in [2.75, 3.05) is 0 Å². The van der Waals surface area contributed by atoms with Gasteiger partial charge in [0.25, 0.3) is 0 Å². The van der Waals surface area contributed by atoms with Crippen molar-refractivity contribution < 1.29 is 0 Å². The van der Waals surface area contributed by atoms with Gasteiger partial charge in [-0.1, -0.05) is 13.0 Å². The van der Waals surface area contributed by atoms with Gasteiger partial charge in [0.1, 0.15) is 5.82 Å². The fourth-order valence-electron chi connectivity index (χ4n) is 2.54. The maximum Gasteiger partial charge on any atom is 0.141 e. The van der Waals surface area contributed by atoms with E-state index in [4.69, 9.17) is 4.98 Å². The van der Waals surface area contributed by atoms with Crippen molar-refractivity contribution in [3.8, 4) is 11.4 Å². The van der Waals surface area contributed by atoms with E-state index in [2.05, 4.69) is 48.5 Å². The molecule has 1 atom stereocenters. The summed E-state index contributed by atoms with van der Waals surface area (Å²) in [7, 11) is 0. The van der Waals surface area contributed by atoms with Gasteiger partial charge in [-0.2, -0.15) is 0 Å². The first kappa shape index (κ1) is 12.9. The minimum atomic E-state index is 0.422. The van der Waals surface area contributed by atoms with E-state index < -0.39 is 0 Å². The van der Waals surface area contributed by atoms with Crippen LogP contribution in [0.1, 0.15) is 31.9 Å². The van der Waals surface area contributed by atoms with E-state index in [1.165, 1.54) is 11.1 Å². The Morgan fingerprint density at radius 1 is 1.15 bits per heavy atom. The van der Waals surface area contributed by atoms with Gasteiger partial charge >= 0.3 is 0 Å². The zero-order chi connectivity index (χ0) is 14.1. The van der Waals surface area contributed by atoms with E-state index in [0.717, 1.165) is 23.3 Å². The largest absolute Gasteiger partial charge is 0.321 e. The van der Waals surface area contributed by atoms with Crippen LogP contribution in [0, 0.1) is 6.92 Å². The molecule has 3 nitrogen and oxygen atoms in total. The first-order valence-corrected chi connectivity index (χ1v) is 7.09. The maximum atomic E-state index is 4.85. The normalized spacial score (nSPS) is 12.8. The minimum Gasteiger partial charge on any atom is -0.321 e. The summed E-state index contributed by atoms with van der Waals surface area (Å²) in [5.41, 5.74) is 4.63. The highest BCUT2D eigenvalue weighted by Crippen LogP contribution is 2.29. The second-order valence-electron chi connectivity index (χ2n) is 5.29. The van der Waals surface area contributed by atoms with Gasteiger partial charge in [0.2, 0.25) is 0 Å². The zero-order valence-electron chi connectivity index (χ0n) is 12.2. The summed E-state index contributed by atoms with van der Waals surface area (Å²) in [6.07, 6.45) is 4.72. The lowest BCUT2D eigenvalue weighted by atomic mass is 10.2. The van der Waals surface area contributed by atoms with Gasteiger partial charge in [0, 0.05) is 24.0 Å². The van der Waals surface area contributed by atoms with Crippen molar-refractivity contribution in [3.05, 3.63) is 48.3 Å². The third-order valence-corrected chi connectivity index (χ3v) is 3.82. The molecule has 1 aromatic carbocycles. The van der Waals surface area contributed by atoms with E-state index in [1.54, 1.807) is 0 Å². The summed E-state index contributed by atoms with van der Waals surface area (Å²) in [4.78, 5) is 8.94. The first-order valence-electron chi connectivity index (χ1n) is 7.09. The third-order valence-electron chi connectivity index (χ3n) is 3.82. The van der Waals surface area contributed by atoms with Crippen molar-refractivity contribution in [1.29, 1.82) is 0 Å². The number of hydrogen-bond donors (Lipinski definition) is 0. The molecule has 0 spiro atoms. The molecule has 1 unspecified atom stereocenters. The molecule has 20 heavy (non-hydrogen) atoms. The Balaban J connectivity index is 2.30. The number of aromatic nitrogens is 3. The smallest absolute Gasteiger partial charge is 0.141 e. The molecule has 0 fully saturated rings. The summed E-state index contributed by atoms with van der Waals surface area (Å²) in [6, 6.07) is 10.9. The molecule has 0 radical (unpaired) electrons. The number of nitrogens with zero attached hydrogens (tertiary/aromatic N) is 3. The first-order chi connectivity index (χ1) is 9.70. The number of fused-ring (bicyclic) bond motifs is 1. The molecule has 3 rings (SSSR count). The van der Waals surface area contributed by atoms with Crippen LogP contribution in [-0.2, 0) is 0 Å². The summed E-state index contributed by atoms with van der Waals surface area (Å²) in [6.45, 7) is 6.56. The molecule has 0 aliphatic carbocycles. The van der Waals surface area contributed by atoms with Gasteiger partial charge < -0.3 is 4.57 Å². The molecule has 3 aromatic rings. The Labute approximate surface area is 119 Å². The number of rotatable bonds is 3. The van der Waals surface area contributed by atoms with E-state index in [0.29, 0.717) is 6.04 Å².